The number of thiazole rings is 1. The van der Waals surface area contributed by atoms with Crippen LogP contribution in [0, 0.1) is 30.9 Å². The molecule has 6 nitrogen and oxygen atoms in total. The Morgan fingerprint density at radius 3 is 2.65 bits per heavy atom. The van der Waals surface area contributed by atoms with Gasteiger partial charge in [-0.05, 0) is 33.3 Å². The van der Waals surface area contributed by atoms with E-state index in [1.54, 1.807) is 24.5 Å². The van der Waals surface area contributed by atoms with E-state index < -0.39 is 4.92 Å². The van der Waals surface area contributed by atoms with Crippen LogP contribution >= 0.6 is 11.3 Å². The van der Waals surface area contributed by atoms with E-state index in [2.05, 4.69) is 15.3 Å². The molecule has 0 bridgehead atoms. The largest absolute Gasteiger partial charge is 0.357 e. The number of pyridine rings is 1. The third-order valence-corrected chi connectivity index (χ3v) is 4.14. The summed E-state index contributed by atoms with van der Waals surface area (Å²) in [6.07, 6.45) is 1.62. The molecule has 2 heterocycles. The molecular formula is C13H16N4O2S. The minimum atomic E-state index is -0.417. The van der Waals surface area contributed by atoms with Gasteiger partial charge in [-0.1, -0.05) is 0 Å². The number of aryl methyl sites for hydroxylation is 3. The summed E-state index contributed by atoms with van der Waals surface area (Å²) in [6, 6.07) is 1.45. The van der Waals surface area contributed by atoms with Gasteiger partial charge in [-0.15, -0.1) is 11.3 Å². The molecule has 0 saturated carbocycles. The molecule has 0 aliphatic carbocycles. The van der Waals surface area contributed by atoms with E-state index in [4.69, 9.17) is 0 Å². The van der Waals surface area contributed by atoms with Gasteiger partial charge in [-0.2, -0.15) is 0 Å². The van der Waals surface area contributed by atoms with Gasteiger partial charge in [0.2, 0.25) is 5.82 Å². The number of nitro groups is 1. The minimum absolute atomic E-state index is 0.00394. The summed E-state index contributed by atoms with van der Waals surface area (Å²) in [5.41, 5.74) is 1.71. The first-order valence-corrected chi connectivity index (χ1v) is 7.01. The molecule has 20 heavy (non-hydrogen) atoms. The lowest BCUT2D eigenvalue weighted by Crippen LogP contribution is -2.09. The van der Waals surface area contributed by atoms with Crippen molar-refractivity contribution in [3.8, 4) is 0 Å². The van der Waals surface area contributed by atoms with Crippen molar-refractivity contribution in [3.63, 3.8) is 0 Å². The van der Waals surface area contributed by atoms with E-state index in [-0.39, 0.29) is 11.7 Å². The summed E-state index contributed by atoms with van der Waals surface area (Å²) in [7, 11) is 0. The number of anilines is 1. The second-order valence-corrected chi connectivity index (χ2v) is 5.92. The first kappa shape index (κ1) is 14.4. The Hall–Kier alpha value is -2.02. The molecule has 0 aliphatic heterocycles. The minimum Gasteiger partial charge on any atom is -0.357 e. The molecule has 0 aliphatic rings. The van der Waals surface area contributed by atoms with Gasteiger partial charge in [-0.25, -0.2) is 9.97 Å². The van der Waals surface area contributed by atoms with Crippen LogP contribution in [-0.4, -0.2) is 14.9 Å². The normalized spacial score (nSPS) is 12.2. The van der Waals surface area contributed by atoms with Crippen LogP contribution in [0.3, 0.4) is 0 Å². The van der Waals surface area contributed by atoms with Crippen molar-refractivity contribution in [2.75, 3.05) is 5.32 Å². The van der Waals surface area contributed by atoms with Crippen LogP contribution in [0.2, 0.25) is 0 Å². The average molecular weight is 292 g/mol. The molecule has 0 spiro atoms. The number of nitrogens with zero attached hydrogens (tertiary/aromatic N) is 3. The van der Waals surface area contributed by atoms with Crippen molar-refractivity contribution in [1.29, 1.82) is 0 Å². The molecule has 1 atom stereocenters. The van der Waals surface area contributed by atoms with E-state index in [9.17, 15) is 10.1 Å². The number of hydrogen-bond acceptors (Lipinski definition) is 6. The fourth-order valence-corrected chi connectivity index (χ4v) is 2.95. The van der Waals surface area contributed by atoms with E-state index in [1.807, 2.05) is 20.8 Å². The van der Waals surface area contributed by atoms with Gasteiger partial charge < -0.3 is 5.32 Å². The second kappa shape index (κ2) is 5.54. The summed E-state index contributed by atoms with van der Waals surface area (Å²) in [6.45, 7) is 7.61. The van der Waals surface area contributed by atoms with Gasteiger partial charge in [0.25, 0.3) is 0 Å². The molecule has 2 aromatic heterocycles. The number of aromatic nitrogens is 2. The first-order valence-electron chi connectivity index (χ1n) is 6.20. The summed E-state index contributed by atoms with van der Waals surface area (Å²) in [5.74, 6) is 0.290. The highest BCUT2D eigenvalue weighted by molar-refractivity contribution is 7.11. The third-order valence-electron chi connectivity index (χ3n) is 2.89. The van der Waals surface area contributed by atoms with Crippen LogP contribution in [0.25, 0.3) is 0 Å². The van der Waals surface area contributed by atoms with Crippen LogP contribution in [0.5, 0.6) is 0 Å². The zero-order valence-corrected chi connectivity index (χ0v) is 12.6. The zero-order chi connectivity index (χ0) is 14.9. The molecule has 0 aromatic carbocycles. The van der Waals surface area contributed by atoms with Crippen LogP contribution in [0.4, 0.5) is 11.5 Å². The molecule has 1 N–H and O–H groups in total. The second-order valence-electron chi connectivity index (χ2n) is 4.69. The smallest absolute Gasteiger partial charge is 0.311 e. The fraction of sp³-hybridized carbons (Fsp3) is 0.385. The molecular weight excluding hydrogens is 276 g/mol. The number of hydrogen-bond donors (Lipinski definition) is 1. The standard InChI is InChI=1S/C13H16N4O2S/c1-7-5-11(17(18)19)13(14-6-7)16-9(3)12-8(2)15-10(4)20-12/h5-6,9H,1-4H3,(H,14,16). The van der Waals surface area contributed by atoms with Crippen molar-refractivity contribution >= 4 is 22.8 Å². The predicted molar refractivity (Wildman–Crippen MR) is 79.3 cm³/mol. The Labute approximate surface area is 121 Å². The first-order chi connectivity index (χ1) is 9.38. The third kappa shape index (κ3) is 2.93. The van der Waals surface area contributed by atoms with E-state index in [1.165, 1.54) is 6.07 Å². The lowest BCUT2D eigenvalue weighted by Gasteiger charge is -2.13. The molecule has 2 aromatic rings. The van der Waals surface area contributed by atoms with Crippen LogP contribution in [0.15, 0.2) is 12.3 Å². The summed E-state index contributed by atoms with van der Waals surface area (Å²) in [4.78, 5) is 20.2. The highest BCUT2D eigenvalue weighted by Gasteiger charge is 2.20. The van der Waals surface area contributed by atoms with Gasteiger partial charge in [-0.3, -0.25) is 10.1 Å². The zero-order valence-electron chi connectivity index (χ0n) is 11.8. The Morgan fingerprint density at radius 2 is 2.10 bits per heavy atom. The molecule has 7 heteroatoms. The Bertz CT molecular complexity index is 654. The quantitative estimate of drug-likeness (QED) is 0.688. The maximum atomic E-state index is 11.1. The van der Waals surface area contributed by atoms with Crippen molar-refractivity contribution in [2.24, 2.45) is 0 Å². The maximum Gasteiger partial charge on any atom is 0.311 e. The Morgan fingerprint density at radius 1 is 1.40 bits per heavy atom. The monoisotopic (exact) mass is 292 g/mol. The highest BCUT2D eigenvalue weighted by Crippen LogP contribution is 2.30. The van der Waals surface area contributed by atoms with Crippen molar-refractivity contribution in [1.82, 2.24) is 9.97 Å². The lowest BCUT2D eigenvalue weighted by molar-refractivity contribution is -0.384. The van der Waals surface area contributed by atoms with Crippen LogP contribution in [-0.2, 0) is 0 Å². The summed E-state index contributed by atoms with van der Waals surface area (Å²) in [5, 5.41) is 15.2. The Kier molecular flexibility index (Phi) is 3.99. The molecule has 0 saturated heterocycles. The van der Waals surface area contributed by atoms with Crippen LogP contribution in [0.1, 0.15) is 34.1 Å². The van der Waals surface area contributed by atoms with E-state index in [0.717, 1.165) is 21.1 Å². The van der Waals surface area contributed by atoms with Gasteiger partial charge in [0, 0.05) is 17.1 Å². The van der Waals surface area contributed by atoms with Crippen molar-refractivity contribution < 1.29 is 4.92 Å². The molecule has 2 rings (SSSR count). The molecule has 0 amide bonds. The van der Waals surface area contributed by atoms with Crippen molar-refractivity contribution in [2.45, 2.75) is 33.7 Å². The van der Waals surface area contributed by atoms with Gasteiger partial charge in [0.05, 0.1) is 21.7 Å². The van der Waals surface area contributed by atoms with Gasteiger partial charge in [0.15, 0.2) is 0 Å². The fourth-order valence-electron chi connectivity index (χ4n) is 2.02. The van der Waals surface area contributed by atoms with Crippen molar-refractivity contribution in [3.05, 3.63) is 43.5 Å². The van der Waals surface area contributed by atoms with Gasteiger partial charge in [0.1, 0.15) is 0 Å². The molecule has 1 unspecified atom stereocenters. The predicted octanol–water partition coefficient (Wildman–Crippen LogP) is 3.54. The van der Waals surface area contributed by atoms with E-state index >= 15 is 0 Å². The van der Waals surface area contributed by atoms with Crippen LogP contribution < -0.4 is 5.32 Å². The summed E-state index contributed by atoms with van der Waals surface area (Å²) >= 11 is 1.59. The summed E-state index contributed by atoms with van der Waals surface area (Å²) < 4.78 is 0. The maximum absolute atomic E-state index is 11.1. The highest BCUT2D eigenvalue weighted by atomic mass is 32.1. The topological polar surface area (TPSA) is 81.0 Å². The molecule has 0 fully saturated rings. The average Bonchev–Trinajstić information content (AvgIpc) is 2.70. The molecule has 0 radical (unpaired) electrons. The lowest BCUT2D eigenvalue weighted by atomic mass is 10.2. The van der Waals surface area contributed by atoms with E-state index in [0.29, 0.717) is 5.82 Å². The Balaban J connectivity index is 2.30. The number of rotatable bonds is 4. The SMILES string of the molecule is Cc1cnc(NC(C)c2sc(C)nc2C)c([N+](=O)[O-])c1. The number of nitrogens with one attached hydrogen (secondary N) is 1. The van der Waals surface area contributed by atoms with Gasteiger partial charge >= 0.3 is 5.69 Å². The molecule has 106 valence electrons.